The van der Waals surface area contributed by atoms with Gasteiger partial charge in [0.1, 0.15) is 0 Å². The predicted octanol–water partition coefficient (Wildman–Crippen LogP) is 1.46. The summed E-state index contributed by atoms with van der Waals surface area (Å²) in [5.74, 6) is 0.0657. The fourth-order valence-corrected chi connectivity index (χ4v) is 2.90. The Morgan fingerprint density at radius 3 is 2.70 bits per heavy atom. The molecule has 4 nitrogen and oxygen atoms in total. The number of nitrogens with two attached hydrogens (primary N) is 1. The minimum atomic E-state index is 0.0657. The number of amides is 1. The fourth-order valence-electron chi connectivity index (χ4n) is 2.90. The maximum Gasteiger partial charge on any atom is 0.236 e. The molecule has 1 saturated heterocycles. The summed E-state index contributed by atoms with van der Waals surface area (Å²) in [5, 5.41) is 0. The molecule has 1 fully saturated rings. The summed E-state index contributed by atoms with van der Waals surface area (Å²) in [6, 6.07) is 11.4. The maximum atomic E-state index is 11.7. The molecule has 2 rings (SSSR count). The summed E-state index contributed by atoms with van der Waals surface area (Å²) >= 11 is 0. The molecule has 1 aromatic rings. The van der Waals surface area contributed by atoms with E-state index in [9.17, 15) is 4.79 Å². The minimum absolute atomic E-state index is 0.0657. The lowest BCUT2D eigenvalue weighted by Crippen LogP contribution is -2.43. The largest absolute Gasteiger partial charge is 0.340 e. The number of likely N-dealkylation sites (tertiary alicyclic amines) is 1. The summed E-state index contributed by atoms with van der Waals surface area (Å²) in [6.07, 6.45) is 1.04. The van der Waals surface area contributed by atoms with Gasteiger partial charge in [0.05, 0.1) is 6.54 Å². The maximum absolute atomic E-state index is 11.7. The molecule has 0 radical (unpaired) electrons. The molecule has 1 aliphatic rings. The molecular formula is C16H25N3O. The van der Waals surface area contributed by atoms with Gasteiger partial charge in [-0.2, -0.15) is 0 Å². The van der Waals surface area contributed by atoms with Crippen molar-refractivity contribution in [3.8, 4) is 0 Å². The van der Waals surface area contributed by atoms with Crippen LogP contribution in [0, 0.1) is 0 Å². The Morgan fingerprint density at radius 2 is 2.10 bits per heavy atom. The van der Waals surface area contributed by atoms with Crippen LogP contribution in [0.5, 0.6) is 0 Å². The third-order valence-corrected chi connectivity index (χ3v) is 4.03. The first-order chi connectivity index (χ1) is 9.61. The standard InChI is InChI=1S/C16H25N3O/c1-13(2)19(11-14-6-4-3-5-7-14)15-8-9-18(12-15)16(20)10-17/h3-7,13,15H,8-12,17H2,1-2H3/t15-/m0/s1. The van der Waals surface area contributed by atoms with Gasteiger partial charge in [-0.25, -0.2) is 0 Å². The van der Waals surface area contributed by atoms with Crippen molar-refractivity contribution in [3.05, 3.63) is 35.9 Å². The van der Waals surface area contributed by atoms with Crippen molar-refractivity contribution < 1.29 is 4.79 Å². The zero-order chi connectivity index (χ0) is 14.5. The molecule has 0 aliphatic carbocycles. The summed E-state index contributed by atoms with van der Waals surface area (Å²) in [4.78, 5) is 16.1. The van der Waals surface area contributed by atoms with Crippen LogP contribution in [0.3, 0.4) is 0 Å². The van der Waals surface area contributed by atoms with Crippen LogP contribution in [0.2, 0.25) is 0 Å². The van der Waals surface area contributed by atoms with Gasteiger partial charge in [0.25, 0.3) is 0 Å². The molecule has 4 heteroatoms. The number of hydrogen-bond donors (Lipinski definition) is 1. The molecule has 1 aliphatic heterocycles. The van der Waals surface area contributed by atoms with Gasteiger partial charge in [0.15, 0.2) is 0 Å². The summed E-state index contributed by atoms with van der Waals surface area (Å²) in [5.41, 5.74) is 6.78. The molecule has 0 spiro atoms. The second kappa shape index (κ2) is 6.86. The van der Waals surface area contributed by atoms with E-state index >= 15 is 0 Å². The number of nitrogens with zero attached hydrogens (tertiary/aromatic N) is 2. The van der Waals surface area contributed by atoms with E-state index < -0.39 is 0 Å². The number of rotatable bonds is 5. The molecular weight excluding hydrogens is 250 g/mol. The Balaban J connectivity index is 2.01. The van der Waals surface area contributed by atoms with Gasteiger partial charge in [0, 0.05) is 31.7 Å². The molecule has 0 bridgehead atoms. The summed E-state index contributed by atoms with van der Waals surface area (Å²) in [7, 11) is 0. The highest BCUT2D eigenvalue weighted by atomic mass is 16.2. The molecule has 1 amide bonds. The molecule has 0 unspecified atom stereocenters. The van der Waals surface area contributed by atoms with Crippen LogP contribution in [-0.2, 0) is 11.3 Å². The van der Waals surface area contributed by atoms with Gasteiger partial charge < -0.3 is 10.6 Å². The first kappa shape index (κ1) is 15.0. The van der Waals surface area contributed by atoms with Crippen LogP contribution < -0.4 is 5.73 Å². The highest BCUT2D eigenvalue weighted by molar-refractivity contribution is 5.78. The van der Waals surface area contributed by atoms with Crippen LogP contribution in [0.15, 0.2) is 30.3 Å². The third kappa shape index (κ3) is 3.58. The predicted molar refractivity (Wildman–Crippen MR) is 81.2 cm³/mol. The van der Waals surface area contributed by atoms with Crippen molar-refractivity contribution in [2.24, 2.45) is 5.73 Å². The molecule has 20 heavy (non-hydrogen) atoms. The van der Waals surface area contributed by atoms with Gasteiger partial charge >= 0.3 is 0 Å². The third-order valence-electron chi connectivity index (χ3n) is 4.03. The van der Waals surface area contributed by atoms with E-state index in [1.165, 1.54) is 5.56 Å². The average Bonchev–Trinajstić information content (AvgIpc) is 2.94. The minimum Gasteiger partial charge on any atom is -0.340 e. The number of carbonyl (C=O) groups is 1. The van der Waals surface area contributed by atoms with Gasteiger partial charge in [-0.3, -0.25) is 9.69 Å². The Bertz CT molecular complexity index is 433. The van der Waals surface area contributed by atoms with Crippen molar-refractivity contribution in [1.29, 1.82) is 0 Å². The van der Waals surface area contributed by atoms with E-state index in [4.69, 9.17) is 5.73 Å². The number of carbonyl (C=O) groups excluding carboxylic acids is 1. The Hall–Kier alpha value is -1.39. The molecule has 1 aromatic carbocycles. The average molecular weight is 275 g/mol. The van der Waals surface area contributed by atoms with E-state index in [0.29, 0.717) is 12.1 Å². The van der Waals surface area contributed by atoms with E-state index in [1.807, 2.05) is 11.0 Å². The molecule has 2 N–H and O–H groups in total. The molecule has 0 saturated carbocycles. The first-order valence-electron chi connectivity index (χ1n) is 7.39. The van der Waals surface area contributed by atoms with Crippen molar-refractivity contribution in [3.63, 3.8) is 0 Å². The first-order valence-corrected chi connectivity index (χ1v) is 7.39. The van der Waals surface area contributed by atoms with Gasteiger partial charge in [-0.15, -0.1) is 0 Å². The summed E-state index contributed by atoms with van der Waals surface area (Å²) < 4.78 is 0. The van der Waals surface area contributed by atoms with Crippen LogP contribution in [0.25, 0.3) is 0 Å². The lowest BCUT2D eigenvalue weighted by molar-refractivity contribution is -0.128. The highest BCUT2D eigenvalue weighted by Gasteiger charge is 2.30. The quantitative estimate of drug-likeness (QED) is 0.885. The van der Waals surface area contributed by atoms with Crippen molar-refractivity contribution >= 4 is 5.91 Å². The van der Waals surface area contributed by atoms with E-state index in [0.717, 1.165) is 26.1 Å². The Kier molecular flexibility index (Phi) is 5.15. The lowest BCUT2D eigenvalue weighted by Gasteiger charge is -2.32. The van der Waals surface area contributed by atoms with Crippen LogP contribution in [0.4, 0.5) is 0 Å². The zero-order valence-electron chi connectivity index (χ0n) is 12.5. The normalized spacial score (nSPS) is 19.1. The van der Waals surface area contributed by atoms with Crippen LogP contribution in [0.1, 0.15) is 25.8 Å². The van der Waals surface area contributed by atoms with E-state index in [2.05, 4.69) is 43.0 Å². The van der Waals surface area contributed by atoms with Crippen LogP contribution >= 0.6 is 0 Å². The molecule has 110 valence electrons. The monoisotopic (exact) mass is 275 g/mol. The lowest BCUT2D eigenvalue weighted by atomic mass is 10.1. The van der Waals surface area contributed by atoms with Gasteiger partial charge in [-0.05, 0) is 25.8 Å². The number of hydrogen-bond acceptors (Lipinski definition) is 3. The Morgan fingerprint density at radius 1 is 1.40 bits per heavy atom. The fraction of sp³-hybridized carbons (Fsp3) is 0.562. The van der Waals surface area contributed by atoms with Crippen LogP contribution in [-0.4, -0.2) is 47.4 Å². The summed E-state index contributed by atoms with van der Waals surface area (Å²) in [6.45, 7) is 7.13. The van der Waals surface area contributed by atoms with E-state index in [1.54, 1.807) is 0 Å². The highest BCUT2D eigenvalue weighted by Crippen LogP contribution is 2.20. The van der Waals surface area contributed by atoms with Crippen molar-refractivity contribution in [2.75, 3.05) is 19.6 Å². The van der Waals surface area contributed by atoms with Gasteiger partial charge in [0.2, 0.25) is 5.91 Å². The Labute approximate surface area is 121 Å². The van der Waals surface area contributed by atoms with E-state index in [-0.39, 0.29) is 12.5 Å². The second-order valence-electron chi connectivity index (χ2n) is 5.74. The van der Waals surface area contributed by atoms with Crippen molar-refractivity contribution in [2.45, 2.75) is 38.9 Å². The molecule has 1 heterocycles. The van der Waals surface area contributed by atoms with Crippen molar-refractivity contribution in [1.82, 2.24) is 9.80 Å². The number of benzene rings is 1. The van der Waals surface area contributed by atoms with Gasteiger partial charge in [-0.1, -0.05) is 30.3 Å². The SMILES string of the molecule is CC(C)N(Cc1ccccc1)[C@H]1CCN(C(=O)CN)C1. The zero-order valence-corrected chi connectivity index (χ0v) is 12.5. The second-order valence-corrected chi connectivity index (χ2v) is 5.74. The molecule has 1 atom stereocenters. The molecule has 0 aromatic heterocycles. The topological polar surface area (TPSA) is 49.6 Å². The smallest absolute Gasteiger partial charge is 0.236 e.